The molecule has 0 saturated carbocycles. The van der Waals surface area contributed by atoms with Gasteiger partial charge in [0.2, 0.25) is 0 Å². The summed E-state index contributed by atoms with van der Waals surface area (Å²) in [6.07, 6.45) is 2.17. The van der Waals surface area contributed by atoms with Crippen molar-refractivity contribution in [2.45, 2.75) is 32.2 Å². The van der Waals surface area contributed by atoms with Crippen LogP contribution in [0.25, 0.3) is 5.69 Å². The van der Waals surface area contributed by atoms with Crippen molar-refractivity contribution < 1.29 is 0 Å². The fourth-order valence-corrected chi connectivity index (χ4v) is 3.67. The zero-order valence-electron chi connectivity index (χ0n) is 15.1. The Kier molecular flexibility index (Phi) is 4.71. The van der Waals surface area contributed by atoms with E-state index in [0.717, 1.165) is 43.0 Å². The van der Waals surface area contributed by atoms with Crippen molar-refractivity contribution in [1.82, 2.24) is 19.7 Å². The van der Waals surface area contributed by atoms with E-state index in [1.165, 1.54) is 5.56 Å². The Labute approximate surface area is 153 Å². The number of piperidine rings is 1. The Hall–Kier alpha value is -2.66. The summed E-state index contributed by atoms with van der Waals surface area (Å²) in [6.45, 7) is 4.46. The molecule has 5 nitrogen and oxygen atoms in total. The number of nitrogens with one attached hydrogen (secondary N) is 1. The molecule has 0 spiro atoms. The summed E-state index contributed by atoms with van der Waals surface area (Å²) in [6, 6.07) is 18.1. The average Bonchev–Trinajstić information content (AvgIpc) is 2.99. The van der Waals surface area contributed by atoms with Crippen LogP contribution in [0, 0.1) is 6.92 Å². The van der Waals surface area contributed by atoms with Crippen molar-refractivity contribution in [3.63, 3.8) is 0 Å². The third-order valence-corrected chi connectivity index (χ3v) is 4.96. The third-order valence-electron chi connectivity index (χ3n) is 4.96. The van der Waals surface area contributed by atoms with E-state index in [1.807, 2.05) is 42.5 Å². The quantitative estimate of drug-likeness (QED) is 0.789. The van der Waals surface area contributed by atoms with E-state index in [-0.39, 0.29) is 11.6 Å². The SMILES string of the molecule is Cc1cccc(Cn2nc(C3CCCNC3)n(-c3ccccc3)c2=O)c1. The van der Waals surface area contributed by atoms with Crippen LogP contribution in [0.3, 0.4) is 0 Å². The van der Waals surface area contributed by atoms with Crippen LogP contribution in [0.2, 0.25) is 0 Å². The molecule has 1 aliphatic rings. The highest BCUT2D eigenvalue weighted by molar-refractivity contribution is 5.33. The van der Waals surface area contributed by atoms with Crippen molar-refractivity contribution in [3.8, 4) is 5.69 Å². The van der Waals surface area contributed by atoms with Crippen LogP contribution in [-0.4, -0.2) is 27.4 Å². The van der Waals surface area contributed by atoms with Gasteiger partial charge in [-0.05, 0) is 44.0 Å². The van der Waals surface area contributed by atoms with Crippen LogP contribution < -0.4 is 11.0 Å². The van der Waals surface area contributed by atoms with Crippen LogP contribution >= 0.6 is 0 Å². The lowest BCUT2D eigenvalue weighted by molar-refractivity contribution is 0.439. The van der Waals surface area contributed by atoms with Gasteiger partial charge in [-0.2, -0.15) is 5.10 Å². The van der Waals surface area contributed by atoms with E-state index < -0.39 is 0 Å². The molecule has 4 rings (SSSR count). The molecule has 134 valence electrons. The van der Waals surface area contributed by atoms with Crippen molar-refractivity contribution >= 4 is 0 Å². The van der Waals surface area contributed by atoms with Crippen molar-refractivity contribution in [1.29, 1.82) is 0 Å². The van der Waals surface area contributed by atoms with Gasteiger partial charge in [0, 0.05) is 12.5 Å². The predicted octanol–water partition coefficient (Wildman–Crippen LogP) is 2.86. The second-order valence-corrected chi connectivity index (χ2v) is 7.00. The topological polar surface area (TPSA) is 51.9 Å². The smallest absolute Gasteiger partial charge is 0.316 e. The number of hydrogen-bond acceptors (Lipinski definition) is 3. The normalized spacial score (nSPS) is 17.3. The van der Waals surface area contributed by atoms with E-state index >= 15 is 0 Å². The Balaban J connectivity index is 1.78. The zero-order valence-corrected chi connectivity index (χ0v) is 15.1. The summed E-state index contributed by atoms with van der Waals surface area (Å²) in [7, 11) is 0. The number of aryl methyl sites for hydroxylation is 1. The largest absolute Gasteiger partial charge is 0.350 e. The standard InChI is InChI=1S/C21H24N4O/c1-16-7-5-8-17(13-16)15-24-21(26)25(19-10-3-2-4-11-19)20(23-24)18-9-6-12-22-14-18/h2-5,7-8,10-11,13,18,22H,6,9,12,14-15H2,1H3. The molecular weight excluding hydrogens is 324 g/mol. The Morgan fingerprint density at radius 1 is 1.15 bits per heavy atom. The van der Waals surface area contributed by atoms with E-state index in [2.05, 4.69) is 24.4 Å². The van der Waals surface area contributed by atoms with E-state index in [4.69, 9.17) is 5.10 Å². The minimum Gasteiger partial charge on any atom is -0.316 e. The fourth-order valence-electron chi connectivity index (χ4n) is 3.67. The summed E-state index contributed by atoms with van der Waals surface area (Å²) in [4.78, 5) is 13.2. The highest BCUT2D eigenvalue weighted by Crippen LogP contribution is 2.23. The predicted molar refractivity (Wildman–Crippen MR) is 103 cm³/mol. The molecule has 0 bridgehead atoms. The van der Waals surface area contributed by atoms with Crippen LogP contribution in [0.1, 0.15) is 35.7 Å². The summed E-state index contributed by atoms with van der Waals surface area (Å²) in [5.74, 6) is 1.12. The van der Waals surface area contributed by atoms with Gasteiger partial charge in [-0.15, -0.1) is 0 Å². The molecule has 0 aliphatic carbocycles. The monoisotopic (exact) mass is 348 g/mol. The Morgan fingerprint density at radius 3 is 2.73 bits per heavy atom. The third kappa shape index (κ3) is 3.35. The first-order chi connectivity index (χ1) is 12.7. The van der Waals surface area contributed by atoms with Crippen molar-refractivity contribution in [3.05, 3.63) is 82.0 Å². The van der Waals surface area contributed by atoms with Gasteiger partial charge in [0.1, 0.15) is 5.82 Å². The maximum atomic E-state index is 13.2. The highest BCUT2D eigenvalue weighted by atomic mass is 16.2. The second-order valence-electron chi connectivity index (χ2n) is 7.00. The first-order valence-electron chi connectivity index (χ1n) is 9.24. The molecule has 1 atom stereocenters. The summed E-state index contributed by atoms with van der Waals surface area (Å²) < 4.78 is 3.39. The molecule has 1 unspecified atom stereocenters. The Morgan fingerprint density at radius 2 is 2.00 bits per heavy atom. The number of para-hydroxylation sites is 1. The molecular formula is C21H24N4O. The molecule has 1 saturated heterocycles. The molecule has 0 radical (unpaired) electrons. The van der Waals surface area contributed by atoms with E-state index in [0.29, 0.717) is 6.54 Å². The molecule has 2 heterocycles. The first kappa shape index (κ1) is 16.8. The lowest BCUT2D eigenvalue weighted by Crippen LogP contribution is -2.31. The molecule has 26 heavy (non-hydrogen) atoms. The maximum Gasteiger partial charge on any atom is 0.350 e. The van der Waals surface area contributed by atoms with Crippen LogP contribution in [0.15, 0.2) is 59.4 Å². The Bertz CT molecular complexity index is 936. The average molecular weight is 348 g/mol. The number of nitrogens with zero attached hydrogens (tertiary/aromatic N) is 3. The van der Waals surface area contributed by atoms with Crippen LogP contribution in [0.4, 0.5) is 0 Å². The minimum atomic E-state index is -0.0710. The summed E-state index contributed by atoms with van der Waals surface area (Å²) in [5, 5.41) is 8.20. The lowest BCUT2D eigenvalue weighted by Gasteiger charge is -2.22. The molecule has 0 amide bonds. The number of rotatable bonds is 4. The first-order valence-corrected chi connectivity index (χ1v) is 9.24. The number of hydrogen-bond donors (Lipinski definition) is 1. The fraction of sp³-hybridized carbons (Fsp3) is 0.333. The lowest BCUT2D eigenvalue weighted by atomic mass is 9.99. The number of benzene rings is 2. The molecule has 1 aliphatic heterocycles. The van der Waals surface area contributed by atoms with Gasteiger partial charge in [0.25, 0.3) is 0 Å². The van der Waals surface area contributed by atoms with E-state index in [9.17, 15) is 4.79 Å². The van der Waals surface area contributed by atoms with Gasteiger partial charge in [-0.25, -0.2) is 14.0 Å². The van der Waals surface area contributed by atoms with Crippen molar-refractivity contribution in [2.24, 2.45) is 0 Å². The molecule has 1 aromatic heterocycles. The van der Waals surface area contributed by atoms with Gasteiger partial charge >= 0.3 is 5.69 Å². The summed E-state index contributed by atoms with van der Waals surface area (Å²) >= 11 is 0. The van der Waals surface area contributed by atoms with Gasteiger partial charge in [-0.1, -0.05) is 48.0 Å². The minimum absolute atomic E-state index is 0.0710. The number of aromatic nitrogens is 3. The highest BCUT2D eigenvalue weighted by Gasteiger charge is 2.24. The van der Waals surface area contributed by atoms with Crippen molar-refractivity contribution in [2.75, 3.05) is 13.1 Å². The van der Waals surface area contributed by atoms with Gasteiger partial charge in [0.15, 0.2) is 0 Å². The van der Waals surface area contributed by atoms with Gasteiger partial charge < -0.3 is 5.32 Å². The molecule has 2 aromatic carbocycles. The van der Waals surface area contributed by atoms with Gasteiger partial charge in [0.05, 0.1) is 12.2 Å². The second kappa shape index (κ2) is 7.30. The zero-order chi connectivity index (χ0) is 17.9. The van der Waals surface area contributed by atoms with Gasteiger partial charge in [-0.3, -0.25) is 0 Å². The van der Waals surface area contributed by atoms with Crippen LogP contribution in [0.5, 0.6) is 0 Å². The molecule has 5 heteroatoms. The molecule has 3 aromatic rings. The summed E-state index contributed by atoms with van der Waals surface area (Å²) in [5.41, 5.74) is 3.10. The maximum absolute atomic E-state index is 13.2. The van der Waals surface area contributed by atoms with E-state index in [1.54, 1.807) is 9.25 Å². The molecule has 1 N–H and O–H groups in total. The molecule has 1 fully saturated rings. The van der Waals surface area contributed by atoms with Crippen LogP contribution in [-0.2, 0) is 6.54 Å².